The van der Waals surface area contributed by atoms with Crippen LogP contribution in [0, 0.1) is 3.57 Å². The molecule has 2 rings (SSSR count). The van der Waals surface area contributed by atoms with E-state index in [-0.39, 0.29) is 23.8 Å². The fourth-order valence-corrected chi connectivity index (χ4v) is 2.50. The van der Waals surface area contributed by atoms with E-state index in [1.165, 1.54) is 6.07 Å². The van der Waals surface area contributed by atoms with Crippen molar-refractivity contribution >= 4 is 28.5 Å². The predicted molar refractivity (Wildman–Crippen MR) is 89.3 cm³/mol. The number of carbonyl (C=O) groups excluding carboxylic acids is 1. The Balaban J connectivity index is 2.07. The number of rotatable bonds is 5. The average molecular weight is 397 g/mol. The molecule has 0 spiro atoms. The van der Waals surface area contributed by atoms with Gasteiger partial charge in [0.2, 0.25) is 0 Å². The van der Waals surface area contributed by atoms with Gasteiger partial charge in [-0.25, -0.2) is 0 Å². The molecule has 2 aromatic carbocycles. The lowest BCUT2D eigenvalue weighted by atomic mass is 10.1. The molecule has 0 aromatic heterocycles. The van der Waals surface area contributed by atoms with Gasteiger partial charge in [0, 0.05) is 3.57 Å². The second-order valence-corrected chi connectivity index (χ2v) is 5.95. The predicted octanol–water partition coefficient (Wildman–Crippen LogP) is 2.33. The van der Waals surface area contributed by atoms with Gasteiger partial charge in [0.15, 0.2) is 0 Å². The Morgan fingerprint density at radius 2 is 1.90 bits per heavy atom. The number of amides is 1. The van der Waals surface area contributed by atoms with Gasteiger partial charge in [-0.05, 0) is 52.8 Å². The van der Waals surface area contributed by atoms with Crippen LogP contribution in [0.3, 0.4) is 0 Å². The van der Waals surface area contributed by atoms with Crippen LogP contribution in [-0.2, 0) is 6.42 Å². The number of phenolic OH excluding ortho intramolecular Hbond substituents is 1. The summed E-state index contributed by atoms with van der Waals surface area (Å²) in [6, 6.07) is 14.1. The van der Waals surface area contributed by atoms with Crippen LogP contribution in [0.15, 0.2) is 48.5 Å². The number of nitrogens with one attached hydrogen (secondary N) is 1. The van der Waals surface area contributed by atoms with Gasteiger partial charge in [-0.3, -0.25) is 4.79 Å². The van der Waals surface area contributed by atoms with Crippen molar-refractivity contribution in [2.75, 3.05) is 6.61 Å². The molecule has 110 valence electrons. The quantitative estimate of drug-likeness (QED) is 0.679. The first-order valence-corrected chi connectivity index (χ1v) is 7.62. The third-order valence-electron chi connectivity index (χ3n) is 3.08. The van der Waals surface area contributed by atoms with Crippen LogP contribution >= 0.6 is 22.6 Å². The van der Waals surface area contributed by atoms with Crippen molar-refractivity contribution in [3.8, 4) is 5.75 Å². The third kappa shape index (κ3) is 4.44. The highest BCUT2D eigenvalue weighted by Gasteiger charge is 2.16. The molecule has 5 heteroatoms. The number of benzene rings is 2. The van der Waals surface area contributed by atoms with Crippen LogP contribution in [0.2, 0.25) is 0 Å². The molecule has 0 aliphatic carbocycles. The minimum Gasteiger partial charge on any atom is -0.507 e. The summed E-state index contributed by atoms with van der Waals surface area (Å²) in [5.74, 6) is -0.453. The standard InChI is InChI=1S/C16H16INO3/c17-12-6-7-15(20)14(9-12)16(21)18-13(10-19)8-11-4-2-1-3-5-11/h1-7,9,13,19-20H,8,10H2,(H,18,21)/t13-/m1/s1. The van der Waals surface area contributed by atoms with Gasteiger partial charge in [0.1, 0.15) is 5.75 Å². The third-order valence-corrected chi connectivity index (χ3v) is 3.75. The lowest BCUT2D eigenvalue weighted by molar-refractivity contribution is 0.0913. The second-order valence-electron chi connectivity index (χ2n) is 4.70. The van der Waals surface area contributed by atoms with Gasteiger partial charge in [-0.2, -0.15) is 0 Å². The second kappa shape index (κ2) is 7.42. The summed E-state index contributed by atoms with van der Waals surface area (Å²) in [7, 11) is 0. The minimum absolute atomic E-state index is 0.0654. The maximum Gasteiger partial charge on any atom is 0.255 e. The molecular weight excluding hydrogens is 381 g/mol. The van der Waals surface area contributed by atoms with Crippen LogP contribution in [0.25, 0.3) is 0 Å². The van der Waals surface area contributed by atoms with E-state index >= 15 is 0 Å². The minimum atomic E-state index is -0.392. The van der Waals surface area contributed by atoms with Crippen molar-refractivity contribution in [1.82, 2.24) is 5.32 Å². The van der Waals surface area contributed by atoms with E-state index < -0.39 is 6.04 Å². The SMILES string of the molecule is O=C(N[C@@H](CO)Cc1ccccc1)c1cc(I)ccc1O. The maximum atomic E-state index is 12.2. The summed E-state index contributed by atoms with van der Waals surface area (Å²) < 4.78 is 0.860. The molecule has 0 unspecified atom stereocenters. The van der Waals surface area contributed by atoms with Crippen LogP contribution in [0.1, 0.15) is 15.9 Å². The van der Waals surface area contributed by atoms with Gasteiger partial charge in [0.25, 0.3) is 5.91 Å². The van der Waals surface area contributed by atoms with Crippen molar-refractivity contribution in [3.05, 3.63) is 63.2 Å². The highest BCUT2D eigenvalue weighted by Crippen LogP contribution is 2.19. The van der Waals surface area contributed by atoms with Crippen molar-refractivity contribution in [2.24, 2.45) is 0 Å². The molecule has 0 aliphatic heterocycles. The maximum absolute atomic E-state index is 12.2. The van der Waals surface area contributed by atoms with Crippen LogP contribution < -0.4 is 5.32 Å². The molecule has 0 aliphatic rings. The Kier molecular flexibility index (Phi) is 5.58. The molecule has 1 amide bonds. The zero-order valence-electron chi connectivity index (χ0n) is 11.3. The summed E-state index contributed by atoms with van der Waals surface area (Å²) in [6.07, 6.45) is 0.535. The summed E-state index contributed by atoms with van der Waals surface area (Å²) in [4.78, 5) is 12.2. The largest absolute Gasteiger partial charge is 0.507 e. The molecule has 3 N–H and O–H groups in total. The van der Waals surface area contributed by atoms with Crippen LogP contribution in [-0.4, -0.2) is 28.8 Å². The molecule has 2 aromatic rings. The van der Waals surface area contributed by atoms with Gasteiger partial charge < -0.3 is 15.5 Å². The van der Waals surface area contributed by atoms with Crippen LogP contribution in [0.5, 0.6) is 5.75 Å². The average Bonchev–Trinajstić information content (AvgIpc) is 2.50. The number of aromatic hydroxyl groups is 1. The summed E-state index contributed by atoms with van der Waals surface area (Å²) in [6.45, 7) is -0.161. The fraction of sp³-hybridized carbons (Fsp3) is 0.188. The van der Waals surface area contributed by atoms with E-state index in [4.69, 9.17) is 0 Å². The Bertz CT molecular complexity index is 616. The number of aliphatic hydroxyl groups is 1. The molecule has 0 radical (unpaired) electrons. The number of hydrogen-bond donors (Lipinski definition) is 3. The first-order valence-electron chi connectivity index (χ1n) is 6.54. The Labute approximate surface area is 137 Å². The molecule has 0 fully saturated rings. The van der Waals surface area contributed by atoms with E-state index in [9.17, 15) is 15.0 Å². The van der Waals surface area contributed by atoms with E-state index in [2.05, 4.69) is 27.9 Å². The summed E-state index contributed by atoms with van der Waals surface area (Å²) in [5, 5.41) is 21.9. The zero-order chi connectivity index (χ0) is 15.2. The normalized spacial score (nSPS) is 11.9. The van der Waals surface area contributed by atoms with Crippen molar-refractivity contribution in [1.29, 1.82) is 0 Å². The van der Waals surface area contributed by atoms with Crippen molar-refractivity contribution in [2.45, 2.75) is 12.5 Å². The lowest BCUT2D eigenvalue weighted by Gasteiger charge is -2.17. The molecular formula is C16H16INO3. The first kappa shape index (κ1) is 15.8. The number of carbonyl (C=O) groups is 1. The van der Waals surface area contributed by atoms with Crippen LogP contribution in [0.4, 0.5) is 0 Å². The summed E-state index contributed by atoms with van der Waals surface area (Å²) >= 11 is 2.08. The molecule has 1 atom stereocenters. The zero-order valence-corrected chi connectivity index (χ0v) is 13.4. The van der Waals surface area contributed by atoms with Crippen molar-refractivity contribution < 1.29 is 15.0 Å². The molecule has 0 heterocycles. The first-order chi connectivity index (χ1) is 10.1. The number of halogens is 1. The monoisotopic (exact) mass is 397 g/mol. The fourth-order valence-electron chi connectivity index (χ4n) is 2.01. The summed E-state index contributed by atoms with van der Waals surface area (Å²) in [5.41, 5.74) is 1.25. The Hall–Kier alpha value is -1.60. The molecule has 0 saturated heterocycles. The van der Waals surface area contributed by atoms with E-state index in [0.717, 1.165) is 9.13 Å². The van der Waals surface area contributed by atoms with E-state index in [0.29, 0.717) is 6.42 Å². The number of hydrogen-bond acceptors (Lipinski definition) is 3. The molecule has 21 heavy (non-hydrogen) atoms. The highest BCUT2D eigenvalue weighted by molar-refractivity contribution is 14.1. The van der Waals surface area contributed by atoms with Gasteiger partial charge in [0.05, 0.1) is 18.2 Å². The van der Waals surface area contributed by atoms with E-state index in [1.54, 1.807) is 12.1 Å². The lowest BCUT2D eigenvalue weighted by Crippen LogP contribution is -2.39. The van der Waals surface area contributed by atoms with Crippen molar-refractivity contribution in [3.63, 3.8) is 0 Å². The molecule has 0 saturated carbocycles. The highest BCUT2D eigenvalue weighted by atomic mass is 127. The Morgan fingerprint density at radius 1 is 1.19 bits per heavy atom. The van der Waals surface area contributed by atoms with Gasteiger partial charge in [-0.1, -0.05) is 30.3 Å². The van der Waals surface area contributed by atoms with Gasteiger partial charge in [-0.15, -0.1) is 0 Å². The smallest absolute Gasteiger partial charge is 0.255 e. The number of aliphatic hydroxyl groups excluding tert-OH is 1. The topological polar surface area (TPSA) is 69.6 Å². The number of phenols is 1. The molecule has 0 bridgehead atoms. The Morgan fingerprint density at radius 3 is 2.57 bits per heavy atom. The molecule has 4 nitrogen and oxygen atoms in total. The van der Waals surface area contributed by atoms with E-state index in [1.807, 2.05) is 30.3 Å². The van der Waals surface area contributed by atoms with Gasteiger partial charge >= 0.3 is 0 Å².